The molecule has 1 aliphatic rings. The minimum atomic E-state index is -0.940. The summed E-state index contributed by atoms with van der Waals surface area (Å²) in [6, 6.07) is 4.00. The van der Waals surface area contributed by atoms with Gasteiger partial charge >= 0.3 is 5.97 Å². The molecule has 1 aromatic carbocycles. The molecule has 0 bridgehead atoms. The topological polar surface area (TPSA) is 66.4 Å². The van der Waals surface area contributed by atoms with Crippen LogP contribution in [0.4, 0.5) is 10.1 Å². The van der Waals surface area contributed by atoms with Gasteiger partial charge in [-0.15, -0.1) is 0 Å². The second-order valence-corrected chi connectivity index (χ2v) is 6.26. The van der Waals surface area contributed by atoms with Crippen molar-refractivity contribution in [1.29, 1.82) is 0 Å². The lowest BCUT2D eigenvalue weighted by Gasteiger charge is -2.16. The molecule has 0 radical (unpaired) electrons. The van der Waals surface area contributed by atoms with E-state index in [1.165, 1.54) is 18.2 Å². The SMILES string of the molecule is CCC1C[C@H](C(=O)Nc2cc(F)ccc2Br)[C@H](C(=O)O)C1. The van der Waals surface area contributed by atoms with E-state index in [2.05, 4.69) is 21.2 Å². The van der Waals surface area contributed by atoms with Crippen molar-refractivity contribution in [2.24, 2.45) is 17.8 Å². The largest absolute Gasteiger partial charge is 0.481 e. The molecule has 4 nitrogen and oxygen atoms in total. The quantitative estimate of drug-likeness (QED) is 0.863. The highest BCUT2D eigenvalue weighted by Crippen LogP contribution is 2.39. The Hall–Kier alpha value is -1.43. The first-order valence-corrected chi connectivity index (χ1v) is 7.70. The Kier molecular flexibility index (Phi) is 4.98. The summed E-state index contributed by atoms with van der Waals surface area (Å²) in [5.41, 5.74) is 0.323. The third kappa shape index (κ3) is 3.61. The molecule has 0 aromatic heterocycles. The average molecular weight is 358 g/mol. The number of hydrogen-bond donors (Lipinski definition) is 2. The van der Waals surface area contributed by atoms with E-state index in [0.717, 1.165) is 6.42 Å². The van der Waals surface area contributed by atoms with Crippen LogP contribution in [0.5, 0.6) is 0 Å². The minimum Gasteiger partial charge on any atom is -0.481 e. The predicted molar refractivity (Wildman–Crippen MR) is 80.4 cm³/mol. The molecule has 1 saturated carbocycles. The van der Waals surface area contributed by atoms with E-state index < -0.39 is 23.6 Å². The Labute approximate surface area is 130 Å². The molecule has 1 aromatic rings. The lowest BCUT2D eigenvalue weighted by atomic mass is 9.95. The number of nitrogens with one attached hydrogen (secondary N) is 1. The van der Waals surface area contributed by atoms with E-state index >= 15 is 0 Å². The summed E-state index contributed by atoms with van der Waals surface area (Å²) in [5, 5.41) is 11.9. The summed E-state index contributed by atoms with van der Waals surface area (Å²) >= 11 is 3.24. The molecule has 1 fully saturated rings. The van der Waals surface area contributed by atoms with E-state index in [4.69, 9.17) is 0 Å². The number of rotatable bonds is 4. The molecule has 0 heterocycles. The van der Waals surface area contributed by atoms with Crippen LogP contribution < -0.4 is 5.32 Å². The predicted octanol–water partition coefficient (Wildman–Crippen LogP) is 3.66. The molecule has 6 heteroatoms. The highest BCUT2D eigenvalue weighted by Gasteiger charge is 2.42. The van der Waals surface area contributed by atoms with Gasteiger partial charge < -0.3 is 10.4 Å². The molecule has 2 rings (SSSR count). The molecular formula is C15H17BrFNO3. The van der Waals surface area contributed by atoms with Crippen LogP contribution in [0, 0.1) is 23.6 Å². The van der Waals surface area contributed by atoms with Crippen molar-refractivity contribution in [2.75, 3.05) is 5.32 Å². The van der Waals surface area contributed by atoms with Crippen molar-refractivity contribution >= 4 is 33.5 Å². The average Bonchev–Trinajstić information content (AvgIpc) is 2.87. The molecule has 0 saturated heterocycles. The number of carboxylic acid groups (broad SMARTS) is 1. The van der Waals surface area contributed by atoms with Crippen LogP contribution in [0.1, 0.15) is 26.2 Å². The fraction of sp³-hybridized carbons (Fsp3) is 0.467. The van der Waals surface area contributed by atoms with Crippen molar-refractivity contribution in [1.82, 2.24) is 0 Å². The van der Waals surface area contributed by atoms with Gasteiger partial charge in [0.1, 0.15) is 5.82 Å². The Balaban J connectivity index is 2.15. The normalized spacial score (nSPS) is 24.8. The third-order valence-electron chi connectivity index (χ3n) is 4.08. The Bertz CT molecular complexity index is 564. The number of aliphatic carboxylic acids is 1. The zero-order chi connectivity index (χ0) is 15.6. The maximum atomic E-state index is 13.2. The van der Waals surface area contributed by atoms with Crippen LogP contribution in [0.25, 0.3) is 0 Å². The highest BCUT2D eigenvalue weighted by molar-refractivity contribution is 9.10. The van der Waals surface area contributed by atoms with Crippen molar-refractivity contribution < 1.29 is 19.1 Å². The van der Waals surface area contributed by atoms with E-state index in [9.17, 15) is 19.1 Å². The highest BCUT2D eigenvalue weighted by atomic mass is 79.9. The van der Waals surface area contributed by atoms with Gasteiger partial charge in [0.15, 0.2) is 0 Å². The fourth-order valence-corrected chi connectivity index (χ4v) is 3.20. The van der Waals surface area contributed by atoms with Crippen molar-refractivity contribution in [2.45, 2.75) is 26.2 Å². The van der Waals surface area contributed by atoms with Crippen LogP contribution in [-0.2, 0) is 9.59 Å². The van der Waals surface area contributed by atoms with E-state index in [1.54, 1.807) is 0 Å². The molecule has 0 aliphatic heterocycles. The lowest BCUT2D eigenvalue weighted by molar-refractivity contribution is -0.145. The molecule has 1 aliphatic carbocycles. The number of carboxylic acids is 1. The van der Waals surface area contributed by atoms with Crippen LogP contribution >= 0.6 is 15.9 Å². The molecule has 0 spiro atoms. The van der Waals surface area contributed by atoms with E-state index in [0.29, 0.717) is 23.0 Å². The van der Waals surface area contributed by atoms with E-state index in [-0.39, 0.29) is 11.8 Å². The molecule has 1 unspecified atom stereocenters. The minimum absolute atomic E-state index is 0.248. The monoisotopic (exact) mass is 357 g/mol. The maximum absolute atomic E-state index is 13.2. The summed E-state index contributed by atoms with van der Waals surface area (Å²) in [7, 11) is 0. The number of amides is 1. The summed E-state index contributed by atoms with van der Waals surface area (Å²) in [5.74, 6) is -2.74. The third-order valence-corrected chi connectivity index (χ3v) is 4.77. The van der Waals surface area contributed by atoms with Gasteiger partial charge in [-0.1, -0.05) is 13.3 Å². The van der Waals surface area contributed by atoms with Gasteiger partial charge in [0.2, 0.25) is 5.91 Å². The molecule has 2 N–H and O–H groups in total. The van der Waals surface area contributed by atoms with Gasteiger partial charge in [0, 0.05) is 4.47 Å². The van der Waals surface area contributed by atoms with Gasteiger partial charge in [-0.05, 0) is 52.9 Å². The molecule has 3 atom stereocenters. The number of benzene rings is 1. The van der Waals surface area contributed by atoms with Crippen molar-refractivity contribution in [3.05, 3.63) is 28.5 Å². The molecule has 114 valence electrons. The maximum Gasteiger partial charge on any atom is 0.307 e. The number of carbonyl (C=O) groups excluding carboxylic acids is 1. The Morgan fingerprint density at radius 3 is 2.67 bits per heavy atom. The van der Waals surface area contributed by atoms with Gasteiger partial charge in [0.25, 0.3) is 0 Å². The standard InChI is InChI=1S/C15H17BrFNO3/c1-2-8-5-10(11(6-8)15(20)21)14(19)18-13-7-9(17)3-4-12(13)16/h3-4,7-8,10-11H,2,5-6H2,1H3,(H,18,19)(H,20,21)/t8?,10-,11+/m0/s1. The van der Waals surface area contributed by atoms with E-state index in [1.807, 2.05) is 6.92 Å². The Morgan fingerprint density at radius 2 is 2.05 bits per heavy atom. The van der Waals surface area contributed by atoms with Gasteiger partial charge in [-0.3, -0.25) is 9.59 Å². The van der Waals surface area contributed by atoms with Crippen LogP contribution in [0.3, 0.4) is 0 Å². The molecule has 1 amide bonds. The van der Waals surface area contributed by atoms with Crippen molar-refractivity contribution in [3.63, 3.8) is 0 Å². The van der Waals surface area contributed by atoms with Gasteiger partial charge in [-0.2, -0.15) is 0 Å². The van der Waals surface area contributed by atoms with Gasteiger partial charge in [-0.25, -0.2) is 4.39 Å². The Morgan fingerprint density at radius 1 is 1.38 bits per heavy atom. The number of anilines is 1. The number of halogens is 2. The first-order valence-electron chi connectivity index (χ1n) is 6.91. The lowest BCUT2D eigenvalue weighted by Crippen LogP contribution is -2.30. The first kappa shape index (κ1) is 15.9. The second kappa shape index (κ2) is 6.56. The molecular weight excluding hydrogens is 341 g/mol. The van der Waals surface area contributed by atoms with Crippen LogP contribution in [0.15, 0.2) is 22.7 Å². The molecule has 21 heavy (non-hydrogen) atoms. The summed E-state index contributed by atoms with van der Waals surface area (Å²) in [4.78, 5) is 23.6. The zero-order valence-corrected chi connectivity index (χ0v) is 13.2. The smallest absolute Gasteiger partial charge is 0.307 e. The second-order valence-electron chi connectivity index (χ2n) is 5.41. The number of carbonyl (C=O) groups is 2. The van der Waals surface area contributed by atoms with Crippen LogP contribution in [-0.4, -0.2) is 17.0 Å². The first-order chi connectivity index (χ1) is 9.92. The van der Waals surface area contributed by atoms with Crippen LogP contribution in [0.2, 0.25) is 0 Å². The van der Waals surface area contributed by atoms with Gasteiger partial charge in [0.05, 0.1) is 17.5 Å². The van der Waals surface area contributed by atoms with Crippen molar-refractivity contribution in [3.8, 4) is 0 Å². The number of hydrogen-bond acceptors (Lipinski definition) is 2. The fourth-order valence-electron chi connectivity index (χ4n) is 2.86. The summed E-state index contributed by atoms with van der Waals surface area (Å²) in [6.45, 7) is 1.99. The zero-order valence-electron chi connectivity index (χ0n) is 11.6. The summed E-state index contributed by atoms with van der Waals surface area (Å²) < 4.78 is 13.8. The summed E-state index contributed by atoms with van der Waals surface area (Å²) in [6.07, 6.45) is 1.94.